The molecule has 102 valence electrons. The van der Waals surface area contributed by atoms with E-state index in [4.69, 9.17) is 0 Å². The van der Waals surface area contributed by atoms with Crippen LogP contribution in [0.1, 0.15) is 38.8 Å². The Kier molecular flexibility index (Phi) is 4.94. The van der Waals surface area contributed by atoms with Crippen molar-refractivity contribution in [3.63, 3.8) is 0 Å². The second-order valence-corrected chi connectivity index (χ2v) is 6.68. The molecular formula is C16H27NO. The first kappa shape index (κ1) is 15.2. The topological polar surface area (TPSA) is 32.3 Å². The molecule has 2 nitrogen and oxygen atoms in total. The first-order chi connectivity index (χ1) is 8.27. The lowest BCUT2D eigenvalue weighted by molar-refractivity contribution is 0.155. The number of aliphatic hydroxyl groups excluding tert-OH is 1. The molecule has 0 saturated heterocycles. The summed E-state index contributed by atoms with van der Waals surface area (Å²) in [4.78, 5) is 0. The van der Waals surface area contributed by atoms with E-state index in [1.54, 1.807) is 0 Å². The Morgan fingerprint density at radius 3 is 2.33 bits per heavy atom. The first-order valence-electron chi connectivity index (χ1n) is 6.66. The minimum atomic E-state index is -0.0529. The molecule has 2 N–H and O–H groups in total. The van der Waals surface area contributed by atoms with Crippen LogP contribution in [0.5, 0.6) is 0 Å². The van der Waals surface area contributed by atoms with Gasteiger partial charge in [0, 0.05) is 30.5 Å². The van der Waals surface area contributed by atoms with Gasteiger partial charge in [0.25, 0.3) is 0 Å². The molecule has 1 rings (SSSR count). The van der Waals surface area contributed by atoms with Crippen LogP contribution >= 0.6 is 0 Å². The van der Waals surface area contributed by atoms with E-state index in [9.17, 15) is 5.11 Å². The van der Waals surface area contributed by atoms with Crippen LogP contribution < -0.4 is 5.32 Å². The van der Waals surface area contributed by atoms with Crippen LogP contribution in [0.2, 0.25) is 0 Å². The average Bonchev–Trinajstić information content (AvgIpc) is 2.28. The van der Waals surface area contributed by atoms with Gasteiger partial charge >= 0.3 is 0 Å². The van der Waals surface area contributed by atoms with E-state index in [2.05, 4.69) is 64.2 Å². The lowest BCUT2D eigenvalue weighted by atomic mass is 9.83. The highest BCUT2D eigenvalue weighted by atomic mass is 16.3. The van der Waals surface area contributed by atoms with Gasteiger partial charge in [-0.3, -0.25) is 0 Å². The Bertz CT molecular complexity index is 382. The van der Waals surface area contributed by atoms with Crippen molar-refractivity contribution in [2.24, 2.45) is 5.41 Å². The van der Waals surface area contributed by atoms with Crippen molar-refractivity contribution in [1.82, 2.24) is 5.32 Å². The van der Waals surface area contributed by atoms with Crippen LogP contribution in [0.15, 0.2) is 24.3 Å². The maximum absolute atomic E-state index is 9.24. The van der Waals surface area contributed by atoms with Gasteiger partial charge in [-0.05, 0) is 12.5 Å². The number of rotatable bonds is 6. The molecule has 0 unspecified atom stereocenters. The van der Waals surface area contributed by atoms with Crippen LogP contribution in [0.4, 0.5) is 0 Å². The van der Waals surface area contributed by atoms with E-state index in [1.165, 1.54) is 11.1 Å². The first-order valence-corrected chi connectivity index (χ1v) is 6.66. The minimum Gasteiger partial charge on any atom is -0.396 e. The summed E-state index contributed by atoms with van der Waals surface area (Å²) in [6, 6.07) is 8.68. The lowest BCUT2D eigenvalue weighted by Crippen LogP contribution is -2.39. The third kappa shape index (κ3) is 4.43. The molecule has 0 aromatic heterocycles. The molecule has 0 saturated carbocycles. The molecule has 0 atom stereocenters. The van der Waals surface area contributed by atoms with Gasteiger partial charge < -0.3 is 10.4 Å². The smallest absolute Gasteiger partial charge is 0.0494 e. The maximum atomic E-state index is 9.24. The van der Waals surface area contributed by atoms with Crippen LogP contribution in [0, 0.1) is 12.3 Å². The van der Waals surface area contributed by atoms with Gasteiger partial charge in [-0.25, -0.2) is 0 Å². The summed E-state index contributed by atoms with van der Waals surface area (Å²) < 4.78 is 0. The maximum Gasteiger partial charge on any atom is 0.0494 e. The monoisotopic (exact) mass is 249 g/mol. The zero-order valence-electron chi connectivity index (χ0n) is 12.4. The van der Waals surface area contributed by atoms with E-state index >= 15 is 0 Å². The highest BCUT2D eigenvalue weighted by molar-refractivity contribution is 5.28. The minimum absolute atomic E-state index is 0.0529. The summed E-state index contributed by atoms with van der Waals surface area (Å²) in [5.41, 5.74) is 2.72. The van der Waals surface area contributed by atoms with Gasteiger partial charge in [-0.15, -0.1) is 0 Å². The number of hydrogen-bond donors (Lipinski definition) is 2. The number of hydrogen-bond acceptors (Lipinski definition) is 2. The molecule has 0 aliphatic rings. The summed E-state index contributed by atoms with van der Waals surface area (Å²) in [5, 5.41) is 12.7. The SMILES string of the molecule is Cc1cccc(C(C)(C)CNCC(C)(C)CO)c1. The van der Waals surface area contributed by atoms with Crippen LogP contribution in [-0.2, 0) is 5.41 Å². The van der Waals surface area contributed by atoms with Crippen molar-refractivity contribution in [3.8, 4) is 0 Å². The Morgan fingerprint density at radius 1 is 1.11 bits per heavy atom. The van der Waals surface area contributed by atoms with Gasteiger partial charge in [0.05, 0.1) is 0 Å². The highest BCUT2D eigenvalue weighted by Gasteiger charge is 2.22. The predicted octanol–water partition coefficient (Wildman–Crippen LogP) is 2.88. The molecule has 1 aromatic carbocycles. The van der Waals surface area contributed by atoms with Crippen LogP contribution in [0.3, 0.4) is 0 Å². The predicted molar refractivity (Wildman–Crippen MR) is 77.9 cm³/mol. The fraction of sp³-hybridized carbons (Fsp3) is 0.625. The number of aryl methyl sites for hydroxylation is 1. The van der Waals surface area contributed by atoms with Gasteiger partial charge in [-0.1, -0.05) is 57.5 Å². The summed E-state index contributed by atoms with van der Waals surface area (Å²) in [6.45, 7) is 12.7. The van der Waals surface area contributed by atoms with Crippen molar-refractivity contribution < 1.29 is 5.11 Å². The van der Waals surface area contributed by atoms with Crippen molar-refractivity contribution in [2.75, 3.05) is 19.7 Å². The summed E-state index contributed by atoms with van der Waals surface area (Å²) in [6.07, 6.45) is 0. The fourth-order valence-electron chi connectivity index (χ4n) is 1.94. The van der Waals surface area contributed by atoms with Crippen molar-refractivity contribution in [2.45, 2.75) is 40.0 Å². The molecule has 1 aromatic rings. The zero-order valence-corrected chi connectivity index (χ0v) is 12.4. The van der Waals surface area contributed by atoms with E-state index in [0.29, 0.717) is 0 Å². The Balaban J connectivity index is 2.60. The highest BCUT2D eigenvalue weighted by Crippen LogP contribution is 2.23. The van der Waals surface area contributed by atoms with Gasteiger partial charge in [0.2, 0.25) is 0 Å². The molecular weight excluding hydrogens is 222 g/mol. The lowest BCUT2D eigenvalue weighted by Gasteiger charge is -2.29. The Morgan fingerprint density at radius 2 is 1.78 bits per heavy atom. The molecule has 0 heterocycles. The second-order valence-electron chi connectivity index (χ2n) is 6.68. The third-order valence-corrected chi connectivity index (χ3v) is 3.40. The Hall–Kier alpha value is -0.860. The third-order valence-electron chi connectivity index (χ3n) is 3.40. The summed E-state index contributed by atoms with van der Waals surface area (Å²) in [7, 11) is 0. The largest absolute Gasteiger partial charge is 0.396 e. The van der Waals surface area contributed by atoms with Gasteiger partial charge in [0.1, 0.15) is 0 Å². The molecule has 0 radical (unpaired) electrons. The van der Waals surface area contributed by atoms with Crippen LogP contribution in [-0.4, -0.2) is 24.8 Å². The molecule has 2 heteroatoms. The van der Waals surface area contributed by atoms with Crippen molar-refractivity contribution in [1.29, 1.82) is 0 Å². The van der Waals surface area contributed by atoms with Gasteiger partial charge in [-0.2, -0.15) is 0 Å². The average molecular weight is 249 g/mol. The zero-order chi connectivity index (χ0) is 13.8. The number of nitrogens with one attached hydrogen (secondary N) is 1. The van der Waals surface area contributed by atoms with E-state index in [-0.39, 0.29) is 17.4 Å². The van der Waals surface area contributed by atoms with Crippen molar-refractivity contribution in [3.05, 3.63) is 35.4 Å². The quantitative estimate of drug-likeness (QED) is 0.812. The fourth-order valence-corrected chi connectivity index (χ4v) is 1.94. The van der Waals surface area contributed by atoms with Crippen molar-refractivity contribution >= 4 is 0 Å². The molecule has 0 bridgehead atoms. The molecule has 0 amide bonds. The van der Waals surface area contributed by atoms with E-state index < -0.39 is 0 Å². The molecule has 0 aliphatic heterocycles. The molecule has 0 aliphatic carbocycles. The number of aliphatic hydroxyl groups is 1. The second kappa shape index (κ2) is 5.85. The van der Waals surface area contributed by atoms with E-state index in [1.807, 2.05) is 0 Å². The van der Waals surface area contributed by atoms with E-state index in [0.717, 1.165) is 13.1 Å². The standard InChI is InChI=1S/C16H27NO/c1-13-7-6-8-14(9-13)16(4,5)11-17-10-15(2,3)12-18/h6-9,17-18H,10-12H2,1-5H3. The molecule has 0 spiro atoms. The Labute approximate surface area is 111 Å². The van der Waals surface area contributed by atoms with Gasteiger partial charge in [0.15, 0.2) is 0 Å². The molecule has 18 heavy (non-hydrogen) atoms. The molecule has 0 fully saturated rings. The van der Waals surface area contributed by atoms with Crippen LogP contribution in [0.25, 0.3) is 0 Å². The summed E-state index contributed by atoms with van der Waals surface area (Å²) in [5.74, 6) is 0. The normalized spacial score (nSPS) is 12.8. The summed E-state index contributed by atoms with van der Waals surface area (Å²) >= 11 is 0. The number of benzene rings is 1.